The van der Waals surface area contributed by atoms with Crippen molar-refractivity contribution >= 4 is 32.6 Å². The standard InChI is InChI=1S/C25H30ClN3O4S/c1-2-3-14-29-23(30)22(17-19-8-5-4-6-9-19)27-25(29)12-15-28(16-13-25)34(32,33)24(31)20-10-7-11-21(26)18-20/h4-11,18,22,27H,2-3,12-17H2,1H3. The first-order valence-corrected chi connectivity index (χ1v) is 13.5. The van der Waals surface area contributed by atoms with Gasteiger partial charge in [-0.2, -0.15) is 4.31 Å². The predicted octanol–water partition coefficient (Wildman–Crippen LogP) is 3.45. The monoisotopic (exact) mass is 503 g/mol. The van der Waals surface area contributed by atoms with Gasteiger partial charge in [0.1, 0.15) is 0 Å². The van der Waals surface area contributed by atoms with Gasteiger partial charge in [0.15, 0.2) is 0 Å². The zero-order valence-electron chi connectivity index (χ0n) is 19.2. The second-order valence-corrected chi connectivity index (χ2v) is 11.2. The molecule has 2 aromatic rings. The van der Waals surface area contributed by atoms with E-state index in [0.29, 0.717) is 30.8 Å². The van der Waals surface area contributed by atoms with Gasteiger partial charge in [-0.1, -0.05) is 67.4 Å². The summed E-state index contributed by atoms with van der Waals surface area (Å²) < 4.78 is 27.3. The Balaban J connectivity index is 1.51. The number of nitrogens with zero attached hydrogens (tertiary/aromatic N) is 2. The Morgan fingerprint density at radius 1 is 1.12 bits per heavy atom. The van der Waals surface area contributed by atoms with Gasteiger partial charge in [0, 0.05) is 30.2 Å². The fraction of sp³-hybridized carbons (Fsp3) is 0.440. The minimum absolute atomic E-state index is 0.0504. The van der Waals surface area contributed by atoms with E-state index in [1.54, 1.807) is 12.1 Å². The number of carbonyl (C=O) groups excluding carboxylic acids is 2. The smallest absolute Gasteiger partial charge is 0.291 e. The molecule has 2 aromatic carbocycles. The summed E-state index contributed by atoms with van der Waals surface area (Å²) in [5, 5.41) is 2.91. The third-order valence-electron chi connectivity index (χ3n) is 6.73. The van der Waals surface area contributed by atoms with Crippen LogP contribution < -0.4 is 5.32 Å². The minimum atomic E-state index is -4.18. The summed E-state index contributed by atoms with van der Waals surface area (Å²) in [7, 11) is -4.18. The summed E-state index contributed by atoms with van der Waals surface area (Å²) in [6.07, 6.45) is 3.27. The lowest BCUT2D eigenvalue weighted by molar-refractivity contribution is -0.133. The topological polar surface area (TPSA) is 86.8 Å². The van der Waals surface area contributed by atoms with Crippen LogP contribution in [0.2, 0.25) is 5.02 Å². The summed E-state index contributed by atoms with van der Waals surface area (Å²) in [5.41, 5.74) is 0.527. The maximum Gasteiger partial charge on any atom is 0.291 e. The van der Waals surface area contributed by atoms with Crippen LogP contribution in [0.3, 0.4) is 0 Å². The lowest BCUT2D eigenvalue weighted by Gasteiger charge is -2.44. The fourth-order valence-corrected chi connectivity index (χ4v) is 6.40. The van der Waals surface area contributed by atoms with Crippen LogP contribution >= 0.6 is 11.6 Å². The molecule has 4 rings (SSSR count). The number of benzene rings is 2. The average Bonchev–Trinajstić information content (AvgIpc) is 3.08. The van der Waals surface area contributed by atoms with Crippen LogP contribution in [-0.2, 0) is 21.2 Å². The van der Waals surface area contributed by atoms with Crippen molar-refractivity contribution in [2.24, 2.45) is 0 Å². The molecular formula is C25H30ClN3O4S. The summed E-state index contributed by atoms with van der Waals surface area (Å²) >= 11 is 5.94. The van der Waals surface area contributed by atoms with Crippen molar-refractivity contribution in [2.45, 2.75) is 50.7 Å². The zero-order chi connectivity index (χ0) is 24.3. The molecule has 2 aliphatic heterocycles. The van der Waals surface area contributed by atoms with Gasteiger partial charge >= 0.3 is 0 Å². The molecule has 0 radical (unpaired) electrons. The summed E-state index contributed by atoms with van der Waals surface area (Å²) in [6, 6.07) is 15.5. The lowest BCUT2D eigenvalue weighted by atomic mass is 9.97. The van der Waals surface area contributed by atoms with Gasteiger partial charge in [-0.25, -0.2) is 8.42 Å². The van der Waals surface area contributed by atoms with Crippen LogP contribution in [0.4, 0.5) is 0 Å². The maximum atomic E-state index is 13.4. The van der Waals surface area contributed by atoms with E-state index in [1.807, 2.05) is 35.2 Å². The number of rotatable bonds is 7. The first-order valence-electron chi connectivity index (χ1n) is 11.7. The molecule has 1 atom stereocenters. The first kappa shape index (κ1) is 24.9. The molecule has 34 heavy (non-hydrogen) atoms. The van der Waals surface area contributed by atoms with Crippen molar-refractivity contribution < 1.29 is 18.0 Å². The first-order chi connectivity index (χ1) is 16.3. The van der Waals surface area contributed by atoms with Crippen molar-refractivity contribution in [3.05, 3.63) is 70.7 Å². The van der Waals surface area contributed by atoms with Crippen molar-refractivity contribution in [3.8, 4) is 0 Å². The summed E-state index contributed by atoms with van der Waals surface area (Å²) in [4.78, 5) is 28.0. The number of hydrogen-bond donors (Lipinski definition) is 1. The summed E-state index contributed by atoms with van der Waals surface area (Å²) in [6.45, 7) is 3.03. The van der Waals surface area contributed by atoms with Gasteiger partial charge in [-0.15, -0.1) is 0 Å². The Labute approximate surface area is 206 Å². The number of sulfonamides is 1. The highest BCUT2D eigenvalue weighted by atomic mass is 35.5. The highest BCUT2D eigenvalue weighted by molar-refractivity contribution is 8.04. The number of halogens is 1. The van der Waals surface area contributed by atoms with Gasteiger partial charge in [-0.05, 0) is 43.4 Å². The number of nitrogens with one attached hydrogen (secondary N) is 1. The number of piperidine rings is 1. The number of carbonyl (C=O) groups is 2. The van der Waals surface area contributed by atoms with Gasteiger partial charge in [0.2, 0.25) is 5.91 Å². The molecule has 2 aliphatic rings. The molecule has 9 heteroatoms. The molecule has 2 fully saturated rings. The number of amides is 1. The molecule has 182 valence electrons. The SMILES string of the molecule is CCCCN1C(=O)C(Cc2ccccc2)NC12CCN(S(=O)(=O)C(=O)c1cccc(Cl)c1)CC2. The Morgan fingerprint density at radius 3 is 2.47 bits per heavy atom. The van der Waals surface area contributed by atoms with Crippen molar-refractivity contribution in [3.63, 3.8) is 0 Å². The minimum Gasteiger partial charge on any atom is -0.323 e. The van der Waals surface area contributed by atoms with E-state index in [4.69, 9.17) is 11.6 Å². The van der Waals surface area contributed by atoms with E-state index < -0.39 is 20.8 Å². The number of hydrogen-bond acceptors (Lipinski definition) is 5. The van der Waals surface area contributed by atoms with E-state index in [0.717, 1.165) is 18.4 Å². The third kappa shape index (κ3) is 4.91. The quantitative estimate of drug-likeness (QED) is 0.625. The highest BCUT2D eigenvalue weighted by Gasteiger charge is 2.52. The second kappa shape index (κ2) is 10.2. The van der Waals surface area contributed by atoms with Crippen LogP contribution in [-0.4, -0.2) is 60.0 Å². The van der Waals surface area contributed by atoms with E-state index in [2.05, 4.69) is 12.2 Å². The molecule has 1 amide bonds. The third-order valence-corrected chi connectivity index (χ3v) is 8.71. The molecule has 0 saturated carbocycles. The van der Waals surface area contributed by atoms with E-state index >= 15 is 0 Å². The molecule has 0 bridgehead atoms. The molecule has 1 unspecified atom stereocenters. The van der Waals surface area contributed by atoms with E-state index in [-0.39, 0.29) is 30.6 Å². The van der Waals surface area contributed by atoms with Gasteiger partial charge in [0.05, 0.1) is 11.7 Å². The fourth-order valence-electron chi connectivity index (χ4n) is 4.88. The molecule has 0 aliphatic carbocycles. The Hall–Kier alpha value is -2.26. The van der Waals surface area contributed by atoms with Crippen LogP contribution in [0, 0.1) is 0 Å². The predicted molar refractivity (Wildman–Crippen MR) is 132 cm³/mol. The second-order valence-electron chi connectivity index (χ2n) is 8.96. The van der Waals surface area contributed by atoms with Crippen LogP contribution in [0.5, 0.6) is 0 Å². The lowest BCUT2D eigenvalue weighted by Crippen LogP contribution is -2.60. The molecular weight excluding hydrogens is 474 g/mol. The average molecular weight is 504 g/mol. The van der Waals surface area contributed by atoms with E-state index in [1.165, 1.54) is 16.4 Å². The molecule has 0 aromatic heterocycles. The Kier molecular flexibility index (Phi) is 7.42. The van der Waals surface area contributed by atoms with Gasteiger partial charge in [-0.3, -0.25) is 14.9 Å². The molecule has 7 nitrogen and oxygen atoms in total. The Morgan fingerprint density at radius 2 is 1.82 bits per heavy atom. The zero-order valence-corrected chi connectivity index (χ0v) is 20.8. The van der Waals surface area contributed by atoms with Crippen molar-refractivity contribution in [2.75, 3.05) is 19.6 Å². The van der Waals surface area contributed by atoms with Crippen LogP contribution in [0.25, 0.3) is 0 Å². The van der Waals surface area contributed by atoms with Crippen LogP contribution in [0.1, 0.15) is 48.5 Å². The molecule has 1 N–H and O–H groups in total. The van der Waals surface area contributed by atoms with Crippen LogP contribution in [0.15, 0.2) is 54.6 Å². The van der Waals surface area contributed by atoms with Gasteiger partial charge < -0.3 is 4.90 Å². The maximum absolute atomic E-state index is 13.4. The van der Waals surface area contributed by atoms with Crippen molar-refractivity contribution in [1.82, 2.24) is 14.5 Å². The molecule has 2 saturated heterocycles. The normalized spacial score (nSPS) is 20.7. The van der Waals surface area contributed by atoms with Gasteiger partial charge in [0.25, 0.3) is 15.1 Å². The van der Waals surface area contributed by atoms with Crippen molar-refractivity contribution in [1.29, 1.82) is 0 Å². The Bertz CT molecular complexity index is 1150. The number of unbranched alkanes of at least 4 members (excludes halogenated alkanes) is 1. The highest BCUT2D eigenvalue weighted by Crippen LogP contribution is 2.35. The summed E-state index contributed by atoms with van der Waals surface area (Å²) in [5.74, 6) is 0.0589. The molecule has 1 spiro atoms. The molecule has 2 heterocycles. The van der Waals surface area contributed by atoms with E-state index in [9.17, 15) is 18.0 Å². The largest absolute Gasteiger partial charge is 0.323 e.